The molecule has 0 aliphatic carbocycles. The zero-order valence-electron chi connectivity index (χ0n) is 21.5. The molecule has 9 rings (SSSR count). The standard InChI is InChI=1S/C36H22BNO2/c1-2-10-23(11-3-1)24-20-29-28-14-6-9-17-33(28)40-37-30-22-25(18-19-34(30)39-35(21-24)36(29)37)38-31-15-7-4-12-26(31)27-13-5-8-16-32(27)38/h1-22H. The summed E-state index contributed by atoms with van der Waals surface area (Å²) in [4.78, 5) is 0. The van der Waals surface area contributed by atoms with Gasteiger partial charge in [-0.25, -0.2) is 0 Å². The normalized spacial score (nSPS) is 12.8. The van der Waals surface area contributed by atoms with E-state index in [0.717, 1.165) is 56.1 Å². The molecule has 0 bridgehead atoms. The van der Waals surface area contributed by atoms with Gasteiger partial charge in [0.2, 0.25) is 0 Å². The Hall–Kier alpha value is -5.22. The molecule has 40 heavy (non-hydrogen) atoms. The summed E-state index contributed by atoms with van der Waals surface area (Å²) in [6, 6.07) is 46.9. The third-order valence-corrected chi connectivity index (χ3v) is 8.27. The second-order valence-corrected chi connectivity index (χ2v) is 10.5. The Balaban J connectivity index is 1.27. The van der Waals surface area contributed by atoms with E-state index in [4.69, 9.17) is 9.39 Å². The Morgan fingerprint density at radius 1 is 0.500 bits per heavy atom. The van der Waals surface area contributed by atoms with Gasteiger partial charge in [-0.15, -0.1) is 0 Å². The number of hydrogen-bond acceptors (Lipinski definition) is 2. The largest absolute Gasteiger partial charge is 0.551 e. The van der Waals surface area contributed by atoms with Crippen LogP contribution in [-0.2, 0) is 0 Å². The first kappa shape index (κ1) is 21.7. The summed E-state index contributed by atoms with van der Waals surface area (Å²) in [5.74, 6) is 2.58. The molecule has 186 valence electrons. The second kappa shape index (κ2) is 8.14. The lowest BCUT2D eigenvalue weighted by atomic mass is 9.50. The van der Waals surface area contributed by atoms with Crippen molar-refractivity contribution in [2.75, 3.05) is 0 Å². The Kier molecular flexibility index (Phi) is 4.41. The predicted octanol–water partition coefficient (Wildman–Crippen LogP) is 7.72. The molecule has 0 spiro atoms. The maximum absolute atomic E-state index is 6.77. The quantitative estimate of drug-likeness (QED) is 0.222. The van der Waals surface area contributed by atoms with Crippen LogP contribution in [0.4, 0.5) is 0 Å². The Morgan fingerprint density at radius 2 is 1.20 bits per heavy atom. The van der Waals surface area contributed by atoms with Gasteiger partial charge in [0.15, 0.2) is 0 Å². The molecule has 7 aromatic rings. The molecular formula is C36H22BNO2. The second-order valence-electron chi connectivity index (χ2n) is 10.5. The molecule has 1 aromatic heterocycles. The molecule has 0 atom stereocenters. The number of rotatable bonds is 2. The van der Waals surface area contributed by atoms with Crippen molar-refractivity contribution in [1.82, 2.24) is 4.57 Å². The highest BCUT2D eigenvalue weighted by molar-refractivity contribution is 6.84. The summed E-state index contributed by atoms with van der Waals surface area (Å²) in [6.45, 7) is -0.262. The van der Waals surface area contributed by atoms with Crippen molar-refractivity contribution in [2.24, 2.45) is 0 Å². The predicted molar refractivity (Wildman–Crippen MR) is 164 cm³/mol. The highest BCUT2D eigenvalue weighted by Crippen LogP contribution is 2.42. The molecule has 0 saturated carbocycles. The van der Waals surface area contributed by atoms with E-state index >= 15 is 0 Å². The lowest BCUT2D eigenvalue weighted by molar-refractivity contribution is 0.479. The SMILES string of the molecule is c1ccc(-c2cc3c4c(c2)-c2ccccc2OB4c2cc(-n4c5ccccc5c5ccccc54)ccc2O3)cc1. The highest BCUT2D eigenvalue weighted by atomic mass is 16.5. The van der Waals surface area contributed by atoms with Crippen LogP contribution in [0.1, 0.15) is 0 Å². The summed E-state index contributed by atoms with van der Waals surface area (Å²) in [5, 5.41) is 2.49. The van der Waals surface area contributed by atoms with E-state index in [2.05, 4.69) is 126 Å². The molecule has 0 unspecified atom stereocenters. The molecule has 0 radical (unpaired) electrons. The van der Waals surface area contributed by atoms with Gasteiger partial charge in [0.05, 0.1) is 11.0 Å². The lowest BCUT2D eigenvalue weighted by Gasteiger charge is -2.33. The van der Waals surface area contributed by atoms with Crippen LogP contribution in [0.25, 0.3) is 49.7 Å². The minimum Gasteiger partial charge on any atom is -0.551 e. The van der Waals surface area contributed by atoms with Crippen molar-refractivity contribution in [2.45, 2.75) is 0 Å². The zero-order chi connectivity index (χ0) is 26.2. The summed E-state index contributed by atoms with van der Waals surface area (Å²) in [7, 11) is 0. The molecule has 0 amide bonds. The Morgan fingerprint density at radius 3 is 2.00 bits per heavy atom. The first-order valence-electron chi connectivity index (χ1n) is 13.6. The van der Waals surface area contributed by atoms with Crippen molar-refractivity contribution in [3.05, 3.63) is 133 Å². The maximum Gasteiger partial charge on any atom is 0.434 e. The van der Waals surface area contributed by atoms with Gasteiger partial charge in [0.1, 0.15) is 17.2 Å². The molecule has 3 nitrogen and oxygen atoms in total. The van der Waals surface area contributed by atoms with E-state index in [1.165, 1.54) is 21.8 Å². The van der Waals surface area contributed by atoms with Crippen LogP contribution < -0.4 is 20.3 Å². The monoisotopic (exact) mass is 511 g/mol. The van der Waals surface area contributed by atoms with Gasteiger partial charge in [-0.05, 0) is 65.2 Å². The Bertz CT molecular complexity index is 2080. The number of ether oxygens (including phenoxy) is 1. The summed E-state index contributed by atoms with van der Waals surface area (Å²) in [6.07, 6.45) is 0. The van der Waals surface area contributed by atoms with Gasteiger partial charge in [0.25, 0.3) is 0 Å². The van der Waals surface area contributed by atoms with Gasteiger partial charge in [-0.1, -0.05) is 84.9 Å². The molecule has 4 heteroatoms. The van der Waals surface area contributed by atoms with E-state index < -0.39 is 0 Å². The van der Waals surface area contributed by atoms with E-state index in [0.29, 0.717) is 0 Å². The summed E-state index contributed by atoms with van der Waals surface area (Å²) < 4.78 is 15.8. The van der Waals surface area contributed by atoms with Gasteiger partial charge in [-0.3, -0.25) is 0 Å². The average molecular weight is 511 g/mol. The van der Waals surface area contributed by atoms with E-state index in [9.17, 15) is 0 Å². The lowest BCUT2D eigenvalue weighted by Crippen LogP contribution is -2.53. The molecule has 2 aliphatic rings. The molecular weight excluding hydrogens is 489 g/mol. The first-order valence-corrected chi connectivity index (χ1v) is 13.6. The first-order chi connectivity index (χ1) is 19.8. The Labute approximate surface area is 232 Å². The average Bonchev–Trinajstić information content (AvgIpc) is 3.36. The van der Waals surface area contributed by atoms with Gasteiger partial charge in [-0.2, -0.15) is 0 Å². The van der Waals surface area contributed by atoms with Crippen LogP contribution in [0.5, 0.6) is 17.2 Å². The van der Waals surface area contributed by atoms with Gasteiger partial charge >= 0.3 is 6.92 Å². The fourth-order valence-electron chi connectivity index (χ4n) is 6.49. The smallest absolute Gasteiger partial charge is 0.434 e. The third kappa shape index (κ3) is 3.02. The highest BCUT2D eigenvalue weighted by Gasteiger charge is 2.41. The fourth-order valence-corrected chi connectivity index (χ4v) is 6.49. The van der Waals surface area contributed by atoms with Crippen LogP contribution >= 0.6 is 0 Å². The molecule has 0 saturated heterocycles. The van der Waals surface area contributed by atoms with E-state index in [1.807, 2.05) is 12.1 Å². The van der Waals surface area contributed by atoms with Crippen molar-refractivity contribution >= 4 is 39.6 Å². The van der Waals surface area contributed by atoms with Gasteiger partial charge in [0, 0.05) is 32.9 Å². The van der Waals surface area contributed by atoms with Crippen LogP contribution in [-0.4, -0.2) is 11.5 Å². The number of hydrogen-bond donors (Lipinski definition) is 0. The molecule has 6 aromatic carbocycles. The van der Waals surface area contributed by atoms with Crippen molar-refractivity contribution in [3.63, 3.8) is 0 Å². The van der Waals surface area contributed by atoms with Crippen molar-refractivity contribution in [3.8, 4) is 45.2 Å². The van der Waals surface area contributed by atoms with Crippen LogP contribution in [0, 0.1) is 0 Å². The summed E-state index contributed by atoms with van der Waals surface area (Å²) >= 11 is 0. The van der Waals surface area contributed by atoms with E-state index in [1.54, 1.807) is 0 Å². The number of fused-ring (bicyclic) bond motifs is 7. The summed E-state index contributed by atoms with van der Waals surface area (Å²) in [5.41, 5.74) is 10.1. The molecule has 3 heterocycles. The third-order valence-electron chi connectivity index (χ3n) is 8.27. The molecule has 0 N–H and O–H groups in total. The maximum atomic E-state index is 6.77. The van der Waals surface area contributed by atoms with E-state index in [-0.39, 0.29) is 6.92 Å². The molecule has 2 aliphatic heterocycles. The fraction of sp³-hybridized carbons (Fsp3) is 0. The molecule has 0 fully saturated rings. The minimum atomic E-state index is -0.262. The van der Waals surface area contributed by atoms with Crippen LogP contribution in [0.15, 0.2) is 133 Å². The van der Waals surface area contributed by atoms with Crippen LogP contribution in [0.3, 0.4) is 0 Å². The van der Waals surface area contributed by atoms with Gasteiger partial charge < -0.3 is 14.0 Å². The van der Waals surface area contributed by atoms with Crippen LogP contribution in [0.2, 0.25) is 0 Å². The van der Waals surface area contributed by atoms with Crippen molar-refractivity contribution < 1.29 is 9.39 Å². The topological polar surface area (TPSA) is 23.4 Å². The number of nitrogens with zero attached hydrogens (tertiary/aromatic N) is 1. The van der Waals surface area contributed by atoms with Crippen molar-refractivity contribution in [1.29, 1.82) is 0 Å². The number of aromatic nitrogens is 1. The number of benzene rings is 6. The zero-order valence-corrected chi connectivity index (χ0v) is 21.5. The number of para-hydroxylation sites is 3. The minimum absolute atomic E-state index is 0.262.